The van der Waals surface area contributed by atoms with E-state index in [1.54, 1.807) is 27.7 Å². The molecule has 284 valence electrons. The zero-order chi connectivity index (χ0) is 39.8. The summed E-state index contributed by atoms with van der Waals surface area (Å²) in [5, 5.41) is 8.22. The summed E-state index contributed by atoms with van der Waals surface area (Å²) in [6.45, 7) is 12.3. The Labute approximate surface area is 304 Å². The minimum Gasteiger partial charge on any atom is -0.443 e. The first-order chi connectivity index (χ1) is 24.2. The number of nitrogens with one attached hydrogen (secondary N) is 2. The van der Waals surface area contributed by atoms with Gasteiger partial charge in [0.1, 0.15) is 16.8 Å². The largest absolute Gasteiger partial charge is 0.443 e. The quantitative estimate of drug-likeness (QED) is 0.191. The van der Waals surface area contributed by atoms with Gasteiger partial charge in [-0.3, -0.25) is 0 Å². The van der Waals surface area contributed by atoms with Crippen molar-refractivity contribution < 1.29 is 50.2 Å². The molecule has 2 heterocycles. The Hall–Kier alpha value is -5.39. The van der Waals surface area contributed by atoms with Crippen molar-refractivity contribution in [2.75, 3.05) is 15.5 Å². The van der Waals surface area contributed by atoms with Crippen LogP contribution in [0.25, 0.3) is 11.4 Å². The van der Waals surface area contributed by atoms with Gasteiger partial charge in [0.05, 0.1) is 16.3 Å². The van der Waals surface area contributed by atoms with Crippen molar-refractivity contribution in [3.63, 3.8) is 0 Å². The lowest BCUT2D eigenvalue weighted by Crippen LogP contribution is -2.36. The molecule has 0 fully saturated rings. The number of ether oxygens (including phenoxy) is 2. The number of hydrogen-bond donors (Lipinski definition) is 2. The topological polar surface area (TPSA) is 141 Å². The van der Waals surface area contributed by atoms with E-state index >= 15 is 0 Å². The highest BCUT2D eigenvalue weighted by molar-refractivity contribution is 6.31. The van der Waals surface area contributed by atoms with Crippen molar-refractivity contribution in [2.24, 2.45) is 0 Å². The summed E-state index contributed by atoms with van der Waals surface area (Å²) in [4.78, 5) is 47.9. The molecule has 2 N–H and O–H groups in total. The van der Waals surface area contributed by atoms with Crippen molar-refractivity contribution in [3.05, 3.63) is 76.1 Å². The van der Waals surface area contributed by atoms with Crippen molar-refractivity contribution in [1.29, 1.82) is 0 Å². The Morgan fingerprint density at radius 1 is 0.792 bits per heavy atom. The van der Waals surface area contributed by atoms with E-state index < -0.39 is 69.6 Å². The second-order valence-corrected chi connectivity index (χ2v) is 14.0. The molecule has 12 nitrogen and oxygen atoms in total. The fourth-order valence-corrected chi connectivity index (χ4v) is 4.81. The number of carbonyl (C=O) groups excluding carboxylic acids is 3. The van der Waals surface area contributed by atoms with Gasteiger partial charge in [-0.05, 0) is 91.3 Å². The molecule has 3 amide bonds. The van der Waals surface area contributed by atoms with Gasteiger partial charge >= 0.3 is 30.6 Å². The number of alkyl halides is 6. The molecule has 0 aliphatic carbocycles. The van der Waals surface area contributed by atoms with E-state index in [4.69, 9.17) is 21.1 Å². The summed E-state index contributed by atoms with van der Waals surface area (Å²) < 4.78 is 95.1. The van der Waals surface area contributed by atoms with Gasteiger partial charge < -0.3 is 20.1 Å². The fraction of sp³-hybridized carbons (Fsp3) is 0.353. The third-order valence-electron chi connectivity index (χ3n) is 6.80. The highest BCUT2D eigenvalue weighted by Gasteiger charge is 2.41. The first-order valence-corrected chi connectivity index (χ1v) is 15.9. The number of nitrogens with zero attached hydrogens (tertiary/aromatic N) is 5. The Bertz CT molecular complexity index is 2050. The number of amides is 3. The van der Waals surface area contributed by atoms with Crippen molar-refractivity contribution >= 4 is 52.8 Å². The molecule has 0 saturated carbocycles. The summed E-state index contributed by atoms with van der Waals surface area (Å²) in [5.74, 6) is -1.79. The van der Waals surface area contributed by atoms with Crippen LogP contribution in [0, 0.1) is 13.8 Å². The van der Waals surface area contributed by atoms with Crippen molar-refractivity contribution in [2.45, 2.75) is 78.9 Å². The van der Waals surface area contributed by atoms with Crippen LogP contribution in [0.5, 0.6) is 0 Å². The van der Waals surface area contributed by atoms with E-state index in [1.807, 2.05) is 0 Å². The molecule has 0 bridgehead atoms. The van der Waals surface area contributed by atoms with Crippen LogP contribution in [-0.4, -0.2) is 49.2 Å². The monoisotopic (exact) mass is 769 g/mol. The van der Waals surface area contributed by atoms with E-state index in [0.717, 1.165) is 16.8 Å². The Kier molecular flexibility index (Phi) is 11.1. The van der Waals surface area contributed by atoms with Gasteiger partial charge in [0, 0.05) is 29.2 Å². The second-order valence-electron chi connectivity index (χ2n) is 13.6. The predicted molar refractivity (Wildman–Crippen MR) is 183 cm³/mol. The third-order valence-corrected chi connectivity index (χ3v) is 7.13. The maximum atomic E-state index is 14.6. The summed E-state index contributed by atoms with van der Waals surface area (Å²) in [7, 11) is 0. The van der Waals surface area contributed by atoms with Crippen LogP contribution in [0.4, 0.5) is 63.7 Å². The van der Waals surface area contributed by atoms with Gasteiger partial charge in [-0.2, -0.15) is 31.0 Å². The summed E-state index contributed by atoms with van der Waals surface area (Å²) >= 11 is 5.65. The van der Waals surface area contributed by atoms with Gasteiger partial charge in [-0.1, -0.05) is 17.7 Å². The molecule has 2 aromatic heterocycles. The van der Waals surface area contributed by atoms with Gasteiger partial charge in [-0.25, -0.2) is 29.3 Å². The average Bonchev–Trinajstić information content (AvgIpc) is 3.37. The van der Waals surface area contributed by atoms with Gasteiger partial charge in [0.25, 0.3) is 0 Å². The first-order valence-electron chi connectivity index (χ1n) is 15.6. The number of benzene rings is 2. The number of urea groups is 1. The molecule has 4 aromatic rings. The fourth-order valence-electron chi connectivity index (χ4n) is 4.58. The lowest BCUT2D eigenvalue weighted by molar-refractivity contribution is -0.138. The highest BCUT2D eigenvalue weighted by Crippen LogP contribution is 2.40. The van der Waals surface area contributed by atoms with Crippen LogP contribution < -0.4 is 15.5 Å². The van der Waals surface area contributed by atoms with Crippen LogP contribution in [0.3, 0.4) is 0 Å². The zero-order valence-electron chi connectivity index (χ0n) is 29.5. The highest BCUT2D eigenvalue weighted by atomic mass is 35.5. The summed E-state index contributed by atoms with van der Waals surface area (Å²) in [5.41, 5.74) is -4.34. The number of aromatic nitrogens is 4. The summed E-state index contributed by atoms with van der Waals surface area (Å²) in [6.07, 6.45) is -11.7. The van der Waals surface area contributed by atoms with E-state index in [2.05, 4.69) is 25.7 Å². The number of anilines is 4. The van der Waals surface area contributed by atoms with Gasteiger partial charge in [-0.15, -0.1) is 5.10 Å². The summed E-state index contributed by atoms with van der Waals surface area (Å²) in [6, 6.07) is 7.19. The molecule has 0 radical (unpaired) electrons. The molecule has 0 unspecified atom stereocenters. The minimum absolute atomic E-state index is 0.0499. The second kappa shape index (κ2) is 14.6. The number of halogens is 7. The van der Waals surface area contributed by atoms with Gasteiger partial charge in [0.15, 0.2) is 17.5 Å². The Balaban J connectivity index is 1.80. The number of carbonyl (C=O) groups is 3. The van der Waals surface area contributed by atoms with E-state index in [0.29, 0.717) is 22.7 Å². The molecule has 2 aromatic carbocycles. The predicted octanol–water partition coefficient (Wildman–Crippen LogP) is 10.1. The number of aryl methyl sites for hydroxylation is 2. The van der Waals surface area contributed by atoms with Crippen LogP contribution >= 0.6 is 11.6 Å². The molecular weight excluding hydrogens is 736 g/mol. The Morgan fingerprint density at radius 2 is 1.36 bits per heavy atom. The molecule has 0 aliphatic rings. The SMILES string of the molecule is Cc1ccc(NC(=O)Nc2ccc(Cl)c(C(F)(F)F)c2)cc1-c1ncc(C(F)(F)F)c(N(C(=O)OC(C)(C)C)c2cc(C)n(C(=O)OC(C)(C)C)n2)n1. The first kappa shape index (κ1) is 40.4. The number of hydrogen-bond acceptors (Lipinski definition) is 8. The molecule has 4 rings (SSSR count). The van der Waals surface area contributed by atoms with Crippen LogP contribution in [0.15, 0.2) is 48.7 Å². The molecule has 0 spiro atoms. The lowest BCUT2D eigenvalue weighted by Gasteiger charge is -2.27. The van der Waals surface area contributed by atoms with Crippen LogP contribution in [0.1, 0.15) is 63.9 Å². The molecule has 0 saturated heterocycles. The maximum Gasteiger partial charge on any atom is 0.435 e. The smallest absolute Gasteiger partial charge is 0.435 e. The van der Waals surface area contributed by atoms with E-state index in [-0.39, 0.29) is 28.5 Å². The lowest BCUT2D eigenvalue weighted by atomic mass is 10.1. The normalized spacial score (nSPS) is 12.3. The molecular formula is C34H34ClF6N7O5. The molecule has 0 aliphatic heterocycles. The minimum atomic E-state index is -5.11. The third kappa shape index (κ3) is 10.1. The average molecular weight is 770 g/mol. The molecule has 53 heavy (non-hydrogen) atoms. The van der Waals surface area contributed by atoms with Gasteiger partial charge in [0.2, 0.25) is 0 Å². The Morgan fingerprint density at radius 3 is 1.92 bits per heavy atom. The van der Waals surface area contributed by atoms with Crippen LogP contribution in [-0.2, 0) is 21.8 Å². The van der Waals surface area contributed by atoms with Crippen molar-refractivity contribution in [3.8, 4) is 11.4 Å². The molecule has 19 heteroatoms. The zero-order valence-corrected chi connectivity index (χ0v) is 30.3. The number of rotatable bonds is 5. The van der Waals surface area contributed by atoms with Crippen LogP contribution in [0.2, 0.25) is 5.02 Å². The molecule has 0 atom stereocenters. The maximum absolute atomic E-state index is 14.6. The van der Waals surface area contributed by atoms with E-state index in [9.17, 15) is 40.7 Å². The van der Waals surface area contributed by atoms with E-state index in [1.165, 1.54) is 52.0 Å². The standard InChI is InChI=1S/C34H34ClF6N7O5/c1-17-9-10-19(43-28(49)44-20-11-12-24(35)22(15-20)33(36,37)38)14-21(17)26-42-16-23(34(39,40)41)27(45-26)47(29(50)52-31(3,4)5)25-13-18(2)48(46-25)30(51)53-32(6,7)8/h9-16H,1-8H3,(H2,43,44,49). The van der Waals surface area contributed by atoms with Crippen molar-refractivity contribution in [1.82, 2.24) is 19.7 Å².